The summed E-state index contributed by atoms with van der Waals surface area (Å²) in [5.74, 6) is 2.24. The normalized spacial score (nSPS) is 18.1. The first-order valence-corrected chi connectivity index (χ1v) is 11.2. The van der Waals surface area contributed by atoms with Crippen molar-refractivity contribution in [2.45, 2.75) is 19.9 Å². The molecule has 1 amide bonds. The lowest BCUT2D eigenvalue weighted by molar-refractivity contribution is -0.131. The van der Waals surface area contributed by atoms with Gasteiger partial charge in [0.2, 0.25) is 5.91 Å². The molecule has 2 aromatic rings. The number of amides is 1. The Morgan fingerprint density at radius 3 is 2.94 bits per heavy atom. The first-order valence-electron chi connectivity index (χ1n) is 10.8. The van der Waals surface area contributed by atoms with Crippen LogP contribution in [0.5, 0.6) is 11.5 Å². The summed E-state index contributed by atoms with van der Waals surface area (Å²) in [4.78, 5) is 20.1. The number of nitrogens with zero attached hydrogens (tertiary/aromatic N) is 2. The minimum absolute atomic E-state index is 0.00225. The number of carbonyl (C=O) groups is 1. The van der Waals surface area contributed by atoms with Gasteiger partial charge in [0, 0.05) is 44.4 Å². The summed E-state index contributed by atoms with van der Waals surface area (Å²) in [7, 11) is 1.62. The second kappa shape index (κ2) is 9.48. The molecular formula is C24H29ClN4O3. The van der Waals surface area contributed by atoms with Gasteiger partial charge in [-0.3, -0.25) is 4.79 Å². The molecule has 7 nitrogen and oxygen atoms in total. The van der Waals surface area contributed by atoms with Crippen molar-refractivity contribution in [3.8, 4) is 11.5 Å². The molecule has 2 aromatic carbocycles. The van der Waals surface area contributed by atoms with E-state index in [1.165, 1.54) is 0 Å². The summed E-state index contributed by atoms with van der Waals surface area (Å²) in [6.45, 7) is 7.05. The number of nitrogens with one attached hydrogen (secondary N) is 2. The molecule has 4 rings (SSSR count). The molecule has 0 bridgehead atoms. The Hall–Kier alpha value is -2.61. The van der Waals surface area contributed by atoms with Crippen LogP contribution in [0.3, 0.4) is 0 Å². The monoisotopic (exact) mass is 456 g/mol. The number of halogens is 1. The van der Waals surface area contributed by atoms with Crippen LogP contribution >= 0.6 is 11.6 Å². The number of benzene rings is 2. The quantitative estimate of drug-likeness (QED) is 0.672. The number of rotatable bonds is 5. The third-order valence-corrected chi connectivity index (χ3v) is 6.25. The van der Waals surface area contributed by atoms with Gasteiger partial charge in [-0.25, -0.2) is 4.99 Å². The molecule has 1 saturated heterocycles. The van der Waals surface area contributed by atoms with Crippen LogP contribution < -0.4 is 15.4 Å². The average Bonchev–Trinajstić information content (AvgIpc) is 2.95. The van der Waals surface area contributed by atoms with Gasteiger partial charge in [-0.05, 0) is 44.2 Å². The Morgan fingerprint density at radius 1 is 1.31 bits per heavy atom. The molecule has 0 saturated carbocycles. The number of amidine groups is 1. The summed E-state index contributed by atoms with van der Waals surface area (Å²) >= 11 is 6.24. The van der Waals surface area contributed by atoms with Crippen LogP contribution in [0.1, 0.15) is 19.4 Å². The topological polar surface area (TPSA) is 75.2 Å². The maximum absolute atomic E-state index is 12.9. The maximum Gasteiger partial charge on any atom is 0.227 e. The van der Waals surface area contributed by atoms with Crippen molar-refractivity contribution in [3.63, 3.8) is 0 Å². The van der Waals surface area contributed by atoms with Crippen molar-refractivity contribution in [2.24, 2.45) is 10.4 Å². The van der Waals surface area contributed by atoms with Crippen molar-refractivity contribution in [1.82, 2.24) is 15.5 Å². The number of aliphatic imine (C=N–C) groups is 1. The Bertz CT molecular complexity index is 1020. The van der Waals surface area contributed by atoms with Gasteiger partial charge in [-0.15, -0.1) is 0 Å². The molecule has 2 heterocycles. The lowest BCUT2D eigenvalue weighted by Crippen LogP contribution is -2.61. The fourth-order valence-electron chi connectivity index (χ4n) is 4.02. The van der Waals surface area contributed by atoms with Gasteiger partial charge in [-0.1, -0.05) is 23.7 Å². The number of fused-ring (bicyclic) bond motifs is 2. The SMILES string of the molecule is COCCNC(=O)C(C)(C)C1CN(C2=Nc3cc(Cl)ccc3Oc3ccccc32)CCN1. The predicted octanol–water partition coefficient (Wildman–Crippen LogP) is 3.59. The number of methoxy groups -OCH3 is 1. The zero-order chi connectivity index (χ0) is 22.7. The third-order valence-electron chi connectivity index (χ3n) is 6.02. The van der Waals surface area contributed by atoms with E-state index < -0.39 is 5.41 Å². The van der Waals surface area contributed by atoms with Crippen LogP contribution in [0.2, 0.25) is 5.02 Å². The molecule has 0 spiro atoms. The van der Waals surface area contributed by atoms with Gasteiger partial charge in [0.25, 0.3) is 0 Å². The van der Waals surface area contributed by atoms with Crippen molar-refractivity contribution < 1.29 is 14.3 Å². The van der Waals surface area contributed by atoms with Crippen LogP contribution in [0.15, 0.2) is 47.5 Å². The largest absolute Gasteiger partial charge is 0.454 e. The first-order chi connectivity index (χ1) is 15.4. The fraction of sp³-hybridized carbons (Fsp3) is 0.417. The Balaban J connectivity index is 1.64. The highest BCUT2D eigenvalue weighted by molar-refractivity contribution is 6.31. The molecule has 8 heteroatoms. The predicted molar refractivity (Wildman–Crippen MR) is 126 cm³/mol. The Labute approximate surface area is 193 Å². The molecular weight excluding hydrogens is 428 g/mol. The Morgan fingerprint density at radius 2 is 2.12 bits per heavy atom. The standard InChI is InChI=1S/C24H29ClN4O3/c1-24(2,23(30)27-11-13-31-3)21-15-29(12-10-26-21)22-17-6-4-5-7-19(17)32-20-9-8-16(25)14-18(20)28-22/h4-9,14,21,26H,10-13,15H2,1-3H3,(H,27,30). The Kier molecular flexibility index (Phi) is 6.69. The lowest BCUT2D eigenvalue weighted by Gasteiger charge is -2.42. The number of hydrogen-bond donors (Lipinski definition) is 2. The van der Waals surface area contributed by atoms with Crippen molar-refractivity contribution in [3.05, 3.63) is 53.1 Å². The molecule has 1 fully saturated rings. The van der Waals surface area contributed by atoms with Crippen molar-refractivity contribution in [1.29, 1.82) is 0 Å². The minimum Gasteiger partial charge on any atom is -0.454 e. The van der Waals surface area contributed by atoms with Crippen molar-refractivity contribution in [2.75, 3.05) is 39.9 Å². The molecule has 0 radical (unpaired) electrons. The molecule has 1 unspecified atom stereocenters. The van der Waals surface area contributed by atoms with Crippen LogP contribution in [0.4, 0.5) is 5.69 Å². The lowest BCUT2D eigenvalue weighted by atomic mass is 9.82. The van der Waals surface area contributed by atoms with E-state index in [0.717, 1.165) is 30.2 Å². The molecule has 2 aliphatic rings. The molecule has 32 heavy (non-hydrogen) atoms. The smallest absolute Gasteiger partial charge is 0.227 e. The summed E-state index contributed by atoms with van der Waals surface area (Å²) in [6, 6.07) is 13.3. The van der Waals surface area contributed by atoms with E-state index in [0.29, 0.717) is 36.2 Å². The van der Waals surface area contributed by atoms with Crippen LogP contribution in [0, 0.1) is 5.41 Å². The van der Waals surface area contributed by atoms with E-state index in [1.807, 2.05) is 50.2 Å². The van der Waals surface area contributed by atoms with Gasteiger partial charge in [0.05, 0.1) is 17.6 Å². The number of hydrogen-bond acceptors (Lipinski definition) is 6. The van der Waals surface area contributed by atoms with Gasteiger partial charge in [0.1, 0.15) is 17.3 Å². The first kappa shape index (κ1) is 22.6. The van der Waals surface area contributed by atoms with Crippen LogP contribution in [0.25, 0.3) is 0 Å². The van der Waals surface area contributed by atoms with Gasteiger partial charge >= 0.3 is 0 Å². The fourth-order valence-corrected chi connectivity index (χ4v) is 4.18. The van der Waals surface area contributed by atoms with Crippen molar-refractivity contribution >= 4 is 29.0 Å². The molecule has 2 aliphatic heterocycles. The number of para-hydroxylation sites is 1. The molecule has 170 valence electrons. The summed E-state index contributed by atoms with van der Waals surface area (Å²) in [5.41, 5.74) is 0.993. The van der Waals surface area contributed by atoms with E-state index in [9.17, 15) is 4.79 Å². The third kappa shape index (κ3) is 4.60. The van der Waals surface area contributed by atoms with E-state index >= 15 is 0 Å². The minimum atomic E-state index is -0.616. The zero-order valence-corrected chi connectivity index (χ0v) is 19.4. The van der Waals surface area contributed by atoms with E-state index in [2.05, 4.69) is 15.5 Å². The van der Waals surface area contributed by atoms with Crippen LogP contribution in [-0.2, 0) is 9.53 Å². The molecule has 0 aromatic heterocycles. The van der Waals surface area contributed by atoms with Gasteiger partial charge in [-0.2, -0.15) is 0 Å². The van der Waals surface area contributed by atoms with E-state index in [4.69, 9.17) is 26.1 Å². The highest BCUT2D eigenvalue weighted by atomic mass is 35.5. The van der Waals surface area contributed by atoms with E-state index in [-0.39, 0.29) is 11.9 Å². The number of piperazine rings is 1. The van der Waals surface area contributed by atoms with Gasteiger partial charge in [0.15, 0.2) is 5.75 Å². The molecule has 1 atom stereocenters. The summed E-state index contributed by atoms with van der Waals surface area (Å²) in [5, 5.41) is 7.10. The second-order valence-corrected chi connectivity index (χ2v) is 9.01. The summed E-state index contributed by atoms with van der Waals surface area (Å²) < 4.78 is 11.2. The maximum atomic E-state index is 12.9. The van der Waals surface area contributed by atoms with Gasteiger partial charge < -0.3 is 25.0 Å². The number of ether oxygens (including phenoxy) is 2. The number of carbonyl (C=O) groups excluding carboxylic acids is 1. The van der Waals surface area contributed by atoms with Crippen LogP contribution in [-0.4, -0.2) is 62.6 Å². The second-order valence-electron chi connectivity index (χ2n) is 8.57. The highest BCUT2D eigenvalue weighted by Gasteiger charge is 2.40. The molecule has 2 N–H and O–H groups in total. The zero-order valence-electron chi connectivity index (χ0n) is 18.7. The summed E-state index contributed by atoms with van der Waals surface area (Å²) in [6.07, 6.45) is 0. The highest BCUT2D eigenvalue weighted by Crippen LogP contribution is 2.39. The molecule has 0 aliphatic carbocycles. The van der Waals surface area contributed by atoms with E-state index in [1.54, 1.807) is 13.2 Å². The average molecular weight is 457 g/mol.